The lowest BCUT2D eigenvalue weighted by Gasteiger charge is -2.09. The normalized spacial score (nSPS) is 11.8. The number of alkyl halides is 3. The van der Waals surface area contributed by atoms with E-state index in [-0.39, 0.29) is 6.54 Å². The molecule has 0 saturated carbocycles. The monoisotopic (exact) mass is 222 g/mol. The Labute approximate surface area is 83.7 Å². The van der Waals surface area contributed by atoms with Crippen molar-refractivity contribution in [2.45, 2.75) is 17.7 Å². The number of pyridine rings is 1. The topological polar surface area (TPSA) is 38.9 Å². The minimum atomic E-state index is -4.39. The fourth-order valence-electron chi connectivity index (χ4n) is 0.959. The maximum Gasteiger partial charge on any atom is 0.433 e. The van der Waals surface area contributed by atoms with E-state index in [2.05, 4.69) is 4.98 Å². The van der Waals surface area contributed by atoms with Crippen LogP contribution in [0.5, 0.6) is 0 Å². The average molecular weight is 222 g/mol. The number of thioether (sulfide) groups is 1. The molecule has 0 radical (unpaired) electrons. The van der Waals surface area contributed by atoms with Crippen molar-refractivity contribution in [3.8, 4) is 0 Å². The highest BCUT2D eigenvalue weighted by atomic mass is 32.2. The van der Waals surface area contributed by atoms with Crippen molar-refractivity contribution in [3.05, 3.63) is 23.4 Å². The molecule has 0 amide bonds. The molecule has 0 bridgehead atoms. The molecule has 0 aromatic carbocycles. The van der Waals surface area contributed by atoms with Crippen LogP contribution in [0, 0.1) is 0 Å². The smallest absolute Gasteiger partial charge is 0.326 e. The minimum absolute atomic E-state index is 0.196. The van der Waals surface area contributed by atoms with Crippen molar-refractivity contribution in [2.24, 2.45) is 5.73 Å². The maximum atomic E-state index is 12.2. The highest BCUT2D eigenvalue weighted by Crippen LogP contribution is 2.30. The quantitative estimate of drug-likeness (QED) is 0.780. The Hall–Kier alpha value is -0.750. The second-order valence-corrected chi connectivity index (χ2v) is 3.36. The first-order valence-corrected chi connectivity index (χ1v) is 5.02. The molecule has 0 spiro atoms. The Morgan fingerprint density at radius 1 is 1.43 bits per heavy atom. The lowest BCUT2D eigenvalue weighted by molar-refractivity contribution is -0.141. The van der Waals surface area contributed by atoms with E-state index in [9.17, 15) is 13.2 Å². The van der Waals surface area contributed by atoms with Crippen LogP contribution in [0.15, 0.2) is 17.2 Å². The van der Waals surface area contributed by atoms with Gasteiger partial charge in [0.1, 0.15) is 10.7 Å². The van der Waals surface area contributed by atoms with E-state index in [0.717, 1.165) is 17.8 Å². The third-order valence-electron chi connectivity index (χ3n) is 1.64. The fourth-order valence-corrected chi connectivity index (χ4v) is 1.56. The molecule has 0 unspecified atom stereocenters. The predicted octanol–water partition coefficient (Wildman–Crippen LogP) is 2.28. The third-order valence-corrected chi connectivity index (χ3v) is 2.38. The van der Waals surface area contributed by atoms with Gasteiger partial charge < -0.3 is 5.73 Å². The van der Waals surface area contributed by atoms with E-state index >= 15 is 0 Å². The predicted molar refractivity (Wildman–Crippen MR) is 48.9 cm³/mol. The van der Waals surface area contributed by atoms with Crippen LogP contribution in [-0.4, -0.2) is 11.2 Å². The van der Waals surface area contributed by atoms with E-state index in [1.807, 2.05) is 0 Å². The molecular formula is C8H9F3N2S. The molecule has 0 aliphatic carbocycles. The molecule has 0 fully saturated rings. The number of aromatic nitrogens is 1. The third kappa shape index (κ3) is 2.39. The standard InChI is InChI=1S/C8H9F3N2S/c1-14-7-5(4-12)2-3-6(13-7)8(9,10)11/h2-3H,4,12H2,1H3. The van der Waals surface area contributed by atoms with E-state index < -0.39 is 11.9 Å². The van der Waals surface area contributed by atoms with Crippen molar-refractivity contribution in [1.82, 2.24) is 4.98 Å². The van der Waals surface area contributed by atoms with E-state index in [4.69, 9.17) is 5.73 Å². The van der Waals surface area contributed by atoms with Crippen LogP contribution < -0.4 is 5.73 Å². The minimum Gasteiger partial charge on any atom is -0.326 e. The Morgan fingerprint density at radius 2 is 2.07 bits per heavy atom. The summed E-state index contributed by atoms with van der Waals surface area (Å²) < 4.78 is 36.7. The molecule has 78 valence electrons. The molecule has 14 heavy (non-hydrogen) atoms. The van der Waals surface area contributed by atoms with Gasteiger partial charge in [0.05, 0.1) is 0 Å². The van der Waals surface area contributed by atoms with Crippen LogP contribution in [-0.2, 0) is 12.7 Å². The average Bonchev–Trinajstić information content (AvgIpc) is 2.15. The van der Waals surface area contributed by atoms with E-state index in [1.165, 1.54) is 6.07 Å². The molecule has 2 N–H and O–H groups in total. The Kier molecular flexibility index (Phi) is 3.38. The fraction of sp³-hybridized carbons (Fsp3) is 0.375. The van der Waals surface area contributed by atoms with Gasteiger partial charge >= 0.3 is 6.18 Å². The largest absolute Gasteiger partial charge is 0.433 e. The van der Waals surface area contributed by atoms with Gasteiger partial charge in [-0.2, -0.15) is 13.2 Å². The van der Waals surface area contributed by atoms with Gasteiger partial charge in [-0.25, -0.2) is 4.98 Å². The molecule has 0 aliphatic heterocycles. The summed E-state index contributed by atoms with van der Waals surface area (Å²) in [5.41, 5.74) is 5.10. The Morgan fingerprint density at radius 3 is 2.50 bits per heavy atom. The Balaban J connectivity index is 3.14. The second-order valence-electron chi connectivity index (χ2n) is 2.57. The van der Waals surface area contributed by atoms with Crippen molar-refractivity contribution in [3.63, 3.8) is 0 Å². The zero-order valence-corrected chi connectivity index (χ0v) is 8.25. The molecule has 0 atom stereocenters. The van der Waals surface area contributed by atoms with Gasteiger partial charge in [-0.1, -0.05) is 6.07 Å². The van der Waals surface area contributed by atoms with E-state index in [0.29, 0.717) is 10.6 Å². The summed E-state index contributed by atoms with van der Waals surface area (Å²) in [4.78, 5) is 3.49. The first kappa shape index (κ1) is 11.3. The van der Waals surface area contributed by atoms with Crippen LogP contribution in [0.25, 0.3) is 0 Å². The summed E-state index contributed by atoms with van der Waals surface area (Å²) in [6, 6.07) is 2.31. The second kappa shape index (κ2) is 4.18. The van der Waals surface area contributed by atoms with Crippen molar-refractivity contribution < 1.29 is 13.2 Å². The molecule has 1 rings (SSSR count). The van der Waals surface area contributed by atoms with Gasteiger partial charge in [0.15, 0.2) is 0 Å². The Bertz CT molecular complexity index is 325. The molecule has 1 aromatic heterocycles. The van der Waals surface area contributed by atoms with Gasteiger partial charge in [0.25, 0.3) is 0 Å². The van der Waals surface area contributed by atoms with Gasteiger partial charge in [-0.3, -0.25) is 0 Å². The number of rotatable bonds is 2. The zero-order valence-electron chi connectivity index (χ0n) is 7.43. The van der Waals surface area contributed by atoms with Gasteiger partial charge in [-0.15, -0.1) is 11.8 Å². The SMILES string of the molecule is CSc1nc(C(F)(F)F)ccc1CN. The molecule has 0 aliphatic rings. The van der Waals surface area contributed by atoms with Crippen LogP contribution in [0.1, 0.15) is 11.3 Å². The summed E-state index contributed by atoms with van der Waals surface area (Å²) in [7, 11) is 0. The van der Waals surface area contributed by atoms with Gasteiger partial charge in [-0.05, 0) is 17.9 Å². The lowest BCUT2D eigenvalue weighted by atomic mass is 10.2. The summed E-state index contributed by atoms with van der Waals surface area (Å²) in [5, 5.41) is 0.335. The number of nitrogens with two attached hydrogens (primary N) is 1. The number of nitrogens with zero attached hydrogens (tertiary/aromatic N) is 1. The summed E-state index contributed by atoms with van der Waals surface area (Å²) in [6.45, 7) is 0.196. The molecular weight excluding hydrogens is 213 g/mol. The van der Waals surface area contributed by atoms with Crippen molar-refractivity contribution in [2.75, 3.05) is 6.26 Å². The number of halogens is 3. The van der Waals surface area contributed by atoms with Crippen molar-refractivity contribution >= 4 is 11.8 Å². The van der Waals surface area contributed by atoms with Crippen molar-refractivity contribution in [1.29, 1.82) is 0 Å². The van der Waals surface area contributed by atoms with Crippen LogP contribution in [0.2, 0.25) is 0 Å². The first-order valence-electron chi connectivity index (χ1n) is 3.80. The van der Waals surface area contributed by atoms with E-state index in [1.54, 1.807) is 6.26 Å². The molecule has 2 nitrogen and oxygen atoms in total. The van der Waals surface area contributed by atoms with Crippen LogP contribution in [0.4, 0.5) is 13.2 Å². The molecule has 0 saturated heterocycles. The van der Waals surface area contributed by atoms with Crippen LogP contribution in [0.3, 0.4) is 0 Å². The molecule has 6 heteroatoms. The maximum absolute atomic E-state index is 12.2. The lowest BCUT2D eigenvalue weighted by Crippen LogP contribution is -2.10. The number of hydrogen-bond donors (Lipinski definition) is 1. The summed E-state index contributed by atoms with van der Waals surface area (Å²) >= 11 is 1.16. The molecule has 1 aromatic rings. The molecule has 1 heterocycles. The summed E-state index contributed by atoms with van der Waals surface area (Å²) in [6.07, 6.45) is -2.72. The van der Waals surface area contributed by atoms with Gasteiger partial charge in [0, 0.05) is 6.54 Å². The van der Waals surface area contributed by atoms with Gasteiger partial charge in [0.2, 0.25) is 0 Å². The summed E-state index contributed by atoms with van der Waals surface area (Å²) in [5.74, 6) is 0. The first-order chi connectivity index (χ1) is 6.49. The number of hydrogen-bond acceptors (Lipinski definition) is 3. The zero-order chi connectivity index (χ0) is 10.8. The highest BCUT2D eigenvalue weighted by molar-refractivity contribution is 7.98. The highest BCUT2D eigenvalue weighted by Gasteiger charge is 2.32. The van der Waals surface area contributed by atoms with Crippen LogP contribution >= 0.6 is 11.8 Å².